The Kier molecular flexibility index (Phi) is 5.90. The third-order valence-electron chi connectivity index (χ3n) is 3.22. The number of nitrogens with one attached hydrogen (secondary N) is 1. The summed E-state index contributed by atoms with van der Waals surface area (Å²) >= 11 is 1.63. The zero-order valence-corrected chi connectivity index (χ0v) is 12.9. The van der Waals surface area contributed by atoms with Gasteiger partial charge in [0.15, 0.2) is 0 Å². The highest BCUT2D eigenvalue weighted by atomic mass is 32.1. The van der Waals surface area contributed by atoms with E-state index in [9.17, 15) is 9.90 Å². The van der Waals surface area contributed by atoms with Crippen molar-refractivity contribution in [3.63, 3.8) is 0 Å². The number of nitrogens with zero attached hydrogens (tertiary/aromatic N) is 1. The lowest BCUT2D eigenvalue weighted by molar-refractivity contribution is -0.122. The second-order valence-electron chi connectivity index (χ2n) is 4.92. The Bertz CT molecular complexity index is 569. The minimum atomic E-state index is -0.333. The van der Waals surface area contributed by atoms with Gasteiger partial charge in [0.25, 0.3) is 0 Å². The molecule has 2 rings (SSSR count). The molecule has 2 aromatic rings. The first-order valence-electron chi connectivity index (χ1n) is 7.05. The lowest BCUT2D eigenvalue weighted by atomic mass is 10.1. The predicted molar refractivity (Wildman–Crippen MR) is 84.2 cm³/mol. The Morgan fingerprint density at radius 1 is 1.38 bits per heavy atom. The summed E-state index contributed by atoms with van der Waals surface area (Å²) in [6.07, 6.45) is 2.02. The molecule has 1 heterocycles. The molecule has 0 spiro atoms. The van der Waals surface area contributed by atoms with Crippen LogP contribution in [0.25, 0.3) is 0 Å². The van der Waals surface area contributed by atoms with Gasteiger partial charge in [-0.25, -0.2) is 4.98 Å². The van der Waals surface area contributed by atoms with E-state index in [0.29, 0.717) is 6.42 Å². The van der Waals surface area contributed by atoms with Crippen LogP contribution in [0.4, 0.5) is 0 Å². The van der Waals surface area contributed by atoms with E-state index in [1.54, 1.807) is 11.3 Å². The fourth-order valence-electron chi connectivity index (χ4n) is 2.14. The molecule has 0 aliphatic carbocycles. The van der Waals surface area contributed by atoms with Crippen molar-refractivity contribution in [2.75, 3.05) is 6.61 Å². The van der Waals surface area contributed by atoms with Gasteiger partial charge in [-0.1, -0.05) is 30.3 Å². The third-order valence-corrected chi connectivity index (χ3v) is 4.05. The van der Waals surface area contributed by atoms with E-state index >= 15 is 0 Å². The van der Waals surface area contributed by atoms with Crippen LogP contribution < -0.4 is 5.32 Å². The van der Waals surface area contributed by atoms with Crippen LogP contribution >= 0.6 is 11.3 Å². The minimum Gasteiger partial charge on any atom is -0.394 e. The van der Waals surface area contributed by atoms with Crippen molar-refractivity contribution in [2.45, 2.75) is 32.2 Å². The van der Waals surface area contributed by atoms with Gasteiger partial charge in [-0.3, -0.25) is 4.79 Å². The Labute approximate surface area is 128 Å². The third kappa shape index (κ3) is 4.95. The van der Waals surface area contributed by atoms with Gasteiger partial charge in [0.1, 0.15) is 0 Å². The summed E-state index contributed by atoms with van der Waals surface area (Å²) in [5.74, 6) is -0.0372. The number of aryl methyl sites for hydroxylation is 2. The summed E-state index contributed by atoms with van der Waals surface area (Å²) in [7, 11) is 0. The maximum atomic E-state index is 11.9. The molecule has 1 atom stereocenters. The highest BCUT2D eigenvalue weighted by Crippen LogP contribution is 2.13. The van der Waals surface area contributed by atoms with E-state index in [1.165, 1.54) is 0 Å². The Hall–Kier alpha value is -1.72. The predicted octanol–water partition coefficient (Wildman–Crippen LogP) is 2.62. The van der Waals surface area contributed by atoms with E-state index in [1.807, 2.05) is 42.6 Å². The normalized spacial score (nSPS) is 12.1. The summed E-state index contributed by atoms with van der Waals surface area (Å²) < 4.78 is 0. The second-order valence-corrected chi connectivity index (χ2v) is 5.99. The first-order chi connectivity index (χ1) is 10.2. The Balaban J connectivity index is 1.78. The number of carbonyl (C=O) groups excluding carboxylic acids is 1. The van der Waals surface area contributed by atoms with Gasteiger partial charge in [-0.15, -0.1) is 11.3 Å². The Morgan fingerprint density at radius 2 is 2.14 bits per heavy atom. The minimum absolute atomic E-state index is 0.0372. The fraction of sp³-hybridized carbons (Fsp3) is 0.375. The molecule has 4 nitrogen and oxygen atoms in total. The van der Waals surface area contributed by atoms with E-state index in [0.717, 1.165) is 29.1 Å². The molecule has 0 aliphatic heterocycles. The van der Waals surface area contributed by atoms with Crippen molar-refractivity contribution >= 4 is 17.2 Å². The van der Waals surface area contributed by atoms with Gasteiger partial charge < -0.3 is 10.4 Å². The number of aliphatic hydroxyl groups is 1. The van der Waals surface area contributed by atoms with Crippen molar-refractivity contribution < 1.29 is 9.90 Å². The van der Waals surface area contributed by atoms with Crippen molar-refractivity contribution in [1.82, 2.24) is 10.3 Å². The van der Waals surface area contributed by atoms with Crippen LogP contribution in [-0.2, 0) is 11.2 Å². The number of amides is 1. The van der Waals surface area contributed by atoms with Gasteiger partial charge in [-0.05, 0) is 25.3 Å². The zero-order chi connectivity index (χ0) is 15.1. The van der Waals surface area contributed by atoms with Crippen LogP contribution in [0.2, 0.25) is 0 Å². The number of benzene rings is 1. The topological polar surface area (TPSA) is 62.2 Å². The maximum Gasteiger partial charge on any atom is 0.220 e. The SMILES string of the molecule is Cc1nc(CCCC(=O)N[C@H](CO)c2ccccc2)cs1. The van der Waals surface area contributed by atoms with Gasteiger partial charge in [0.2, 0.25) is 5.91 Å². The summed E-state index contributed by atoms with van der Waals surface area (Å²) in [5, 5.41) is 15.4. The van der Waals surface area contributed by atoms with Crippen LogP contribution in [0.5, 0.6) is 0 Å². The molecule has 0 radical (unpaired) electrons. The highest BCUT2D eigenvalue weighted by molar-refractivity contribution is 7.09. The van der Waals surface area contributed by atoms with Gasteiger partial charge >= 0.3 is 0 Å². The van der Waals surface area contributed by atoms with Gasteiger partial charge in [0, 0.05) is 11.8 Å². The molecule has 0 saturated carbocycles. The molecular weight excluding hydrogens is 284 g/mol. The summed E-state index contributed by atoms with van der Waals surface area (Å²) in [6.45, 7) is 1.88. The van der Waals surface area contributed by atoms with Crippen LogP contribution in [0.15, 0.2) is 35.7 Å². The molecule has 0 bridgehead atoms. The summed E-state index contributed by atoms with van der Waals surface area (Å²) in [4.78, 5) is 16.3. The second kappa shape index (κ2) is 7.90. The zero-order valence-electron chi connectivity index (χ0n) is 12.1. The molecule has 21 heavy (non-hydrogen) atoms. The van der Waals surface area contributed by atoms with Crippen molar-refractivity contribution in [3.05, 3.63) is 52.0 Å². The molecule has 1 aromatic heterocycles. The number of hydrogen-bond donors (Lipinski definition) is 2. The average Bonchev–Trinajstić information content (AvgIpc) is 2.91. The average molecular weight is 304 g/mol. The molecule has 112 valence electrons. The smallest absolute Gasteiger partial charge is 0.220 e. The van der Waals surface area contributed by atoms with E-state index < -0.39 is 0 Å². The monoisotopic (exact) mass is 304 g/mol. The molecule has 5 heteroatoms. The molecular formula is C16H20N2O2S. The maximum absolute atomic E-state index is 11.9. The first kappa shape index (κ1) is 15.7. The molecule has 1 aromatic carbocycles. The van der Waals surface area contributed by atoms with E-state index in [4.69, 9.17) is 0 Å². The van der Waals surface area contributed by atoms with Gasteiger partial charge in [0.05, 0.1) is 23.4 Å². The van der Waals surface area contributed by atoms with Crippen LogP contribution in [-0.4, -0.2) is 22.6 Å². The van der Waals surface area contributed by atoms with E-state index in [-0.39, 0.29) is 18.6 Å². The summed E-state index contributed by atoms with van der Waals surface area (Å²) in [6, 6.07) is 9.18. The van der Waals surface area contributed by atoms with Gasteiger partial charge in [-0.2, -0.15) is 0 Å². The number of aromatic nitrogens is 1. The number of carbonyl (C=O) groups is 1. The Morgan fingerprint density at radius 3 is 2.76 bits per heavy atom. The van der Waals surface area contributed by atoms with Crippen molar-refractivity contribution in [3.8, 4) is 0 Å². The van der Waals surface area contributed by atoms with Crippen molar-refractivity contribution in [1.29, 1.82) is 0 Å². The number of rotatable bonds is 7. The first-order valence-corrected chi connectivity index (χ1v) is 7.93. The largest absolute Gasteiger partial charge is 0.394 e. The number of hydrogen-bond acceptors (Lipinski definition) is 4. The summed E-state index contributed by atoms with van der Waals surface area (Å²) in [5.41, 5.74) is 1.97. The molecule has 0 unspecified atom stereocenters. The lowest BCUT2D eigenvalue weighted by Gasteiger charge is -2.16. The molecule has 1 amide bonds. The van der Waals surface area contributed by atoms with Crippen LogP contribution in [0.1, 0.15) is 35.1 Å². The van der Waals surface area contributed by atoms with Crippen molar-refractivity contribution in [2.24, 2.45) is 0 Å². The lowest BCUT2D eigenvalue weighted by Crippen LogP contribution is -2.30. The molecule has 2 N–H and O–H groups in total. The molecule has 0 aliphatic rings. The number of thiazole rings is 1. The highest BCUT2D eigenvalue weighted by Gasteiger charge is 2.13. The van der Waals surface area contributed by atoms with E-state index in [2.05, 4.69) is 10.3 Å². The molecule has 0 saturated heterocycles. The quantitative estimate of drug-likeness (QED) is 0.826. The van der Waals surface area contributed by atoms with Crippen LogP contribution in [0.3, 0.4) is 0 Å². The fourth-order valence-corrected chi connectivity index (χ4v) is 2.79. The standard InChI is InChI=1S/C16H20N2O2S/c1-12-17-14(11-21-12)8-5-9-16(20)18-15(10-19)13-6-3-2-4-7-13/h2-4,6-7,11,15,19H,5,8-10H2,1H3,(H,18,20)/t15-/m1/s1. The van der Waals surface area contributed by atoms with Crippen LogP contribution in [0, 0.1) is 6.92 Å². The number of aliphatic hydroxyl groups excluding tert-OH is 1. The molecule has 0 fully saturated rings.